The third-order valence-corrected chi connectivity index (χ3v) is 4.44. The second-order valence-electron chi connectivity index (χ2n) is 5.67. The Balaban J connectivity index is 2.75. The molecule has 0 spiro atoms. The Morgan fingerprint density at radius 1 is 1.29 bits per heavy atom. The summed E-state index contributed by atoms with van der Waals surface area (Å²) in [7, 11) is 0. The Bertz CT molecular complexity index is 604. The fourth-order valence-corrected chi connectivity index (χ4v) is 2.91. The number of amidine groups is 1. The van der Waals surface area contributed by atoms with Crippen molar-refractivity contribution in [3.8, 4) is 0 Å². The van der Waals surface area contributed by atoms with E-state index in [9.17, 15) is 4.39 Å². The van der Waals surface area contributed by atoms with E-state index in [2.05, 4.69) is 4.99 Å². The van der Waals surface area contributed by atoms with Crippen LogP contribution in [0.5, 0.6) is 0 Å². The fourth-order valence-electron chi connectivity index (χ4n) is 2.42. The van der Waals surface area contributed by atoms with E-state index in [-0.39, 0.29) is 18.0 Å². The highest BCUT2D eigenvalue weighted by Gasteiger charge is 2.63. The molecule has 1 aliphatic rings. The van der Waals surface area contributed by atoms with Crippen molar-refractivity contribution in [1.29, 1.82) is 0 Å². The van der Waals surface area contributed by atoms with Gasteiger partial charge in [-0.25, -0.2) is 13.2 Å². The first-order valence-corrected chi connectivity index (χ1v) is 7.40. The van der Waals surface area contributed by atoms with Gasteiger partial charge in [0.15, 0.2) is 5.54 Å². The molecule has 1 heterocycles. The van der Waals surface area contributed by atoms with Gasteiger partial charge in [0.2, 0.25) is 0 Å². The van der Waals surface area contributed by atoms with Gasteiger partial charge in [-0.15, -0.1) is 0 Å². The third-order valence-electron chi connectivity index (χ3n) is 3.77. The predicted octanol–water partition coefficient (Wildman–Crippen LogP) is 3.45. The molecule has 2 N–H and O–H groups in total. The van der Waals surface area contributed by atoms with Gasteiger partial charge in [-0.1, -0.05) is 0 Å². The lowest BCUT2D eigenvalue weighted by Gasteiger charge is -2.41. The van der Waals surface area contributed by atoms with Crippen molar-refractivity contribution in [2.45, 2.75) is 37.8 Å². The minimum absolute atomic E-state index is 0.0824. The van der Waals surface area contributed by atoms with E-state index in [1.165, 1.54) is 32.9 Å². The molecule has 0 fully saturated rings. The number of hydrogen-bond donors (Lipinski definition) is 1. The summed E-state index contributed by atoms with van der Waals surface area (Å²) in [6.45, 7) is 3.48. The van der Waals surface area contributed by atoms with Crippen molar-refractivity contribution in [2.75, 3.05) is 6.61 Å². The number of ether oxygens (including phenoxy) is 1. The van der Waals surface area contributed by atoms with Crippen LogP contribution in [0.2, 0.25) is 0 Å². The maximum absolute atomic E-state index is 15.0. The molecule has 0 saturated heterocycles. The van der Waals surface area contributed by atoms with Crippen LogP contribution in [0.15, 0.2) is 23.2 Å². The Labute approximate surface area is 134 Å². The highest BCUT2D eigenvalue weighted by atomic mass is 127. The van der Waals surface area contributed by atoms with Crippen LogP contribution in [-0.2, 0) is 10.3 Å². The predicted molar refractivity (Wildman–Crippen MR) is 83.1 cm³/mol. The summed E-state index contributed by atoms with van der Waals surface area (Å²) in [6, 6.07) is 4.02. The topological polar surface area (TPSA) is 47.6 Å². The molecule has 0 bridgehead atoms. The van der Waals surface area contributed by atoms with E-state index in [0.29, 0.717) is 3.57 Å². The second-order valence-corrected chi connectivity index (χ2v) is 6.92. The van der Waals surface area contributed by atoms with Gasteiger partial charge >= 0.3 is 5.92 Å². The molecule has 1 aromatic rings. The highest BCUT2D eigenvalue weighted by Crippen LogP contribution is 2.50. The molecule has 0 unspecified atom stereocenters. The van der Waals surface area contributed by atoms with Gasteiger partial charge in [0.25, 0.3) is 0 Å². The Morgan fingerprint density at radius 2 is 1.90 bits per heavy atom. The van der Waals surface area contributed by atoms with Gasteiger partial charge in [0, 0.05) is 9.13 Å². The maximum Gasteiger partial charge on any atom is 0.304 e. The summed E-state index contributed by atoms with van der Waals surface area (Å²) in [5.41, 5.74) is 1.48. The second kappa shape index (κ2) is 5.12. The smallest absolute Gasteiger partial charge is 0.304 e. The first-order valence-electron chi connectivity index (χ1n) is 6.33. The van der Waals surface area contributed by atoms with E-state index in [0.717, 1.165) is 6.07 Å². The van der Waals surface area contributed by atoms with Crippen LogP contribution in [0, 0.1) is 9.39 Å². The van der Waals surface area contributed by atoms with Gasteiger partial charge in [0.05, 0.1) is 0 Å². The average molecular weight is 412 g/mol. The number of benzene rings is 1. The summed E-state index contributed by atoms with van der Waals surface area (Å²) in [5.74, 6) is -4.28. The first-order chi connectivity index (χ1) is 9.51. The lowest BCUT2D eigenvalue weighted by atomic mass is 9.78. The molecular weight excluding hydrogens is 396 g/mol. The van der Waals surface area contributed by atoms with Crippen LogP contribution in [0.3, 0.4) is 0 Å². The van der Waals surface area contributed by atoms with Crippen LogP contribution < -0.4 is 5.73 Å². The molecule has 116 valence electrons. The van der Waals surface area contributed by atoms with Crippen LogP contribution >= 0.6 is 22.6 Å². The summed E-state index contributed by atoms with van der Waals surface area (Å²) in [6.07, 6.45) is 0. The van der Waals surface area contributed by atoms with Crippen molar-refractivity contribution in [1.82, 2.24) is 0 Å². The van der Waals surface area contributed by atoms with Crippen molar-refractivity contribution in [2.24, 2.45) is 10.7 Å². The van der Waals surface area contributed by atoms with Gasteiger partial charge in [0.1, 0.15) is 23.9 Å². The molecule has 0 aromatic heterocycles. The van der Waals surface area contributed by atoms with Gasteiger partial charge in [-0.05, 0) is 61.6 Å². The summed E-state index contributed by atoms with van der Waals surface area (Å²) < 4.78 is 50.0. The number of alkyl halides is 2. The monoisotopic (exact) mass is 412 g/mol. The molecule has 1 aromatic carbocycles. The number of rotatable bonds is 1. The molecule has 0 saturated carbocycles. The molecular formula is C14H16F3IN2O. The van der Waals surface area contributed by atoms with Gasteiger partial charge in [-0.3, -0.25) is 4.99 Å². The molecule has 21 heavy (non-hydrogen) atoms. The van der Waals surface area contributed by atoms with Gasteiger partial charge < -0.3 is 10.5 Å². The minimum Gasteiger partial charge on any atom is -0.385 e. The Kier molecular flexibility index (Phi) is 4.03. The Hall–Kier alpha value is -0.830. The van der Waals surface area contributed by atoms with Crippen molar-refractivity contribution < 1.29 is 17.9 Å². The molecule has 0 radical (unpaired) electrons. The largest absolute Gasteiger partial charge is 0.385 e. The molecule has 0 aliphatic carbocycles. The van der Waals surface area contributed by atoms with Crippen LogP contribution in [0.4, 0.5) is 13.2 Å². The normalized spacial score (nSPS) is 27.9. The van der Waals surface area contributed by atoms with Crippen LogP contribution in [0.1, 0.15) is 26.3 Å². The molecule has 1 atom stereocenters. The first kappa shape index (κ1) is 16.5. The standard InChI is InChI=1S/C14H16F3IN2O/c1-12(2)14(16,17)13(3,20-11(19)7-21-12)9-6-8(18)4-5-10(9)15/h4-6H,7H2,1-3H3,(H2,19,20)/t13-/m1/s1. The van der Waals surface area contributed by atoms with Crippen LogP contribution in [0.25, 0.3) is 0 Å². The van der Waals surface area contributed by atoms with E-state index in [1.54, 1.807) is 0 Å². The summed E-state index contributed by atoms with van der Waals surface area (Å²) >= 11 is 1.94. The molecule has 1 aliphatic heterocycles. The van der Waals surface area contributed by atoms with E-state index >= 15 is 8.78 Å². The number of halogens is 4. The lowest BCUT2D eigenvalue weighted by molar-refractivity contribution is -0.214. The van der Waals surface area contributed by atoms with Crippen LogP contribution in [-0.4, -0.2) is 24.0 Å². The molecule has 7 heteroatoms. The Morgan fingerprint density at radius 3 is 2.52 bits per heavy atom. The zero-order chi connectivity index (χ0) is 16.1. The average Bonchev–Trinajstić information content (AvgIpc) is 2.43. The quantitative estimate of drug-likeness (QED) is 0.719. The van der Waals surface area contributed by atoms with E-state index in [4.69, 9.17) is 10.5 Å². The van der Waals surface area contributed by atoms with E-state index in [1.807, 2.05) is 22.6 Å². The molecule has 0 amide bonds. The highest BCUT2D eigenvalue weighted by molar-refractivity contribution is 14.1. The van der Waals surface area contributed by atoms with Crippen molar-refractivity contribution in [3.63, 3.8) is 0 Å². The van der Waals surface area contributed by atoms with Crippen molar-refractivity contribution >= 4 is 28.4 Å². The summed E-state index contributed by atoms with van der Waals surface area (Å²) in [4.78, 5) is 3.90. The lowest BCUT2D eigenvalue weighted by Crippen LogP contribution is -2.56. The minimum atomic E-state index is -3.45. The number of nitrogens with two attached hydrogens (primary N) is 1. The maximum atomic E-state index is 15.0. The SMILES string of the molecule is CC1(C)OCC(N)=N[C@](C)(c2cc(I)ccc2F)C1(F)F. The molecule has 3 nitrogen and oxygen atoms in total. The molecule has 2 rings (SSSR count). The fraction of sp³-hybridized carbons (Fsp3) is 0.500. The zero-order valence-corrected chi connectivity index (χ0v) is 14.0. The summed E-state index contributed by atoms with van der Waals surface area (Å²) in [5, 5.41) is 0. The van der Waals surface area contributed by atoms with E-state index < -0.39 is 22.9 Å². The zero-order valence-electron chi connectivity index (χ0n) is 11.9. The number of nitrogens with zero attached hydrogens (tertiary/aromatic N) is 1. The van der Waals surface area contributed by atoms with Gasteiger partial charge in [-0.2, -0.15) is 0 Å². The third kappa shape index (κ3) is 2.54. The van der Waals surface area contributed by atoms with Crippen molar-refractivity contribution in [3.05, 3.63) is 33.1 Å². The number of hydrogen-bond acceptors (Lipinski definition) is 3. The number of aliphatic imine (C=N–C) groups is 1.